The lowest BCUT2D eigenvalue weighted by Crippen LogP contribution is -2.25. The lowest BCUT2D eigenvalue weighted by Gasteiger charge is -2.16. The molecular weight excluding hydrogens is 427 g/mol. The minimum absolute atomic E-state index is 0.0769. The number of nitrogens with two attached hydrogens (primary N) is 2. The Bertz CT molecular complexity index is 1110. The first-order valence-electron chi connectivity index (χ1n) is 9.45. The van der Waals surface area contributed by atoms with Crippen molar-refractivity contribution in [1.29, 1.82) is 0 Å². The number of hydrogen-bond acceptors (Lipinski definition) is 7. The molecule has 1 aromatic carbocycles. The van der Waals surface area contributed by atoms with Gasteiger partial charge >= 0.3 is 0 Å². The second-order valence-electron chi connectivity index (χ2n) is 6.77. The van der Waals surface area contributed by atoms with E-state index in [2.05, 4.69) is 15.3 Å². The van der Waals surface area contributed by atoms with E-state index in [1.54, 1.807) is 0 Å². The molecule has 3 rings (SSSR count). The van der Waals surface area contributed by atoms with Crippen molar-refractivity contribution in [2.24, 2.45) is 11.7 Å². The smallest absolute Gasteiger partial charge is 0.276 e. The zero-order valence-electron chi connectivity index (χ0n) is 16.7. The van der Waals surface area contributed by atoms with Crippen molar-refractivity contribution in [2.45, 2.75) is 0 Å². The molecule has 2 heterocycles. The first kappa shape index (κ1) is 23.0. The van der Waals surface area contributed by atoms with E-state index in [-0.39, 0.29) is 42.8 Å². The van der Waals surface area contributed by atoms with Crippen molar-refractivity contribution in [3.63, 3.8) is 0 Å². The third-order valence-electron chi connectivity index (χ3n) is 4.52. The van der Waals surface area contributed by atoms with Gasteiger partial charge in [-0.05, 0) is 12.1 Å². The normalized spacial score (nSPS) is 11.8. The van der Waals surface area contributed by atoms with E-state index in [1.807, 2.05) is 0 Å². The van der Waals surface area contributed by atoms with Crippen LogP contribution in [0, 0.1) is 23.4 Å². The largest absolute Gasteiger partial charge is 0.491 e. The maximum atomic E-state index is 14.4. The maximum absolute atomic E-state index is 14.4. The summed E-state index contributed by atoms with van der Waals surface area (Å²) < 4.78 is 48.2. The van der Waals surface area contributed by atoms with Gasteiger partial charge in [0.1, 0.15) is 28.8 Å². The number of nitrogen functional groups attached to an aromatic ring is 1. The Hall–Kier alpha value is -3.70. The molecule has 3 aromatic rings. The first-order valence-corrected chi connectivity index (χ1v) is 9.45. The average molecular weight is 447 g/mol. The Morgan fingerprint density at radius 3 is 2.56 bits per heavy atom. The molecule has 0 radical (unpaired) electrons. The van der Waals surface area contributed by atoms with Gasteiger partial charge in [0.15, 0.2) is 11.5 Å². The summed E-state index contributed by atoms with van der Waals surface area (Å²) in [5.41, 5.74) is 9.19. The Morgan fingerprint density at radius 2 is 1.91 bits per heavy atom. The number of benzene rings is 1. The standard InChI is InChI=1S/C21H20F3N5O3/c22-12-2-1-3-13(23)18(12)19-14(24)6-15(26)20(29-19)21(31)28-16-8-27-5-4-17(16)32-10-11(7-25)9-30/h1-6,8,11,30H,7,9-10,25-26H2,(H,28,31). The molecule has 8 nitrogen and oxygen atoms in total. The first-order chi connectivity index (χ1) is 15.3. The van der Waals surface area contributed by atoms with Crippen molar-refractivity contribution in [3.8, 4) is 17.0 Å². The second kappa shape index (κ2) is 10.1. The molecule has 0 fully saturated rings. The molecule has 0 aliphatic carbocycles. The van der Waals surface area contributed by atoms with Crippen LogP contribution in [0.15, 0.2) is 42.7 Å². The van der Waals surface area contributed by atoms with Crippen molar-refractivity contribution in [2.75, 3.05) is 30.8 Å². The maximum Gasteiger partial charge on any atom is 0.276 e. The molecule has 1 unspecified atom stereocenters. The third-order valence-corrected chi connectivity index (χ3v) is 4.52. The molecule has 1 atom stereocenters. The Labute approximate surface area is 181 Å². The summed E-state index contributed by atoms with van der Waals surface area (Å²) >= 11 is 0. The highest BCUT2D eigenvalue weighted by atomic mass is 19.1. The van der Waals surface area contributed by atoms with Crippen molar-refractivity contribution >= 4 is 17.3 Å². The number of aliphatic hydroxyl groups excluding tert-OH is 1. The number of amides is 1. The lowest BCUT2D eigenvalue weighted by molar-refractivity contribution is 0.102. The minimum Gasteiger partial charge on any atom is -0.491 e. The fourth-order valence-corrected chi connectivity index (χ4v) is 2.77. The van der Waals surface area contributed by atoms with Crippen LogP contribution in [0.4, 0.5) is 24.5 Å². The molecule has 168 valence electrons. The number of nitrogens with zero attached hydrogens (tertiary/aromatic N) is 2. The van der Waals surface area contributed by atoms with E-state index < -0.39 is 40.3 Å². The number of carbonyl (C=O) groups is 1. The Morgan fingerprint density at radius 1 is 1.19 bits per heavy atom. The summed E-state index contributed by atoms with van der Waals surface area (Å²) in [6, 6.07) is 5.23. The SMILES string of the molecule is NCC(CO)COc1ccncc1NC(=O)c1nc(-c2c(F)cccc2F)c(F)cc1N. The number of pyridine rings is 2. The van der Waals surface area contributed by atoms with Crippen LogP contribution in [0.3, 0.4) is 0 Å². The van der Waals surface area contributed by atoms with Gasteiger partial charge in [0.05, 0.1) is 30.7 Å². The van der Waals surface area contributed by atoms with E-state index in [4.69, 9.17) is 16.2 Å². The molecule has 11 heteroatoms. The molecule has 0 aliphatic rings. The molecule has 6 N–H and O–H groups in total. The molecule has 0 saturated heterocycles. The van der Waals surface area contributed by atoms with Gasteiger partial charge in [0, 0.05) is 30.8 Å². The molecule has 0 aliphatic heterocycles. The molecular formula is C21H20F3N5O3. The molecule has 0 spiro atoms. The summed E-state index contributed by atoms with van der Waals surface area (Å²) in [4.78, 5) is 20.5. The Balaban J connectivity index is 1.91. The second-order valence-corrected chi connectivity index (χ2v) is 6.77. The van der Waals surface area contributed by atoms with Gasteiger partial charge < -0.3 is 26.6 Å². The fourth-order valence-electron chi connectivity index (χ4n) is 2.77. The summed E-state index contributed by atoms with van der Waals surface area (Å²) in [7, 11) is 0. The summed E-state index contributed by atoms with van der Waals surface area (Å²) in [5, 5.41) is 11.7. The average Bonchev–Trinajstić information content (AvgIpc) is 2.76. The van der Waals surface area contributed by atoms with Crippen LogP contribution >= 0.6 is 0 Å². The van der Waals surface area contributed by atoms with Gasteiger partial charge in [-0.2, -0.15) is 0 Å². The molecule has 1 amide bonds. The summed E-state index contributed by atoms with van der Waals surface area (Å²) in [5.74, 6) is -4.16. The quantitative estimate of drug-likeness (QED) is 0.416. The minimum atomic E-state index is -1.09. The molecule has 0 bridgehead atoms. The van der Waals surface area contributed by atoms with E-state index >= 15 is 0 Å². The van der Waals surface area contributed by atoms with Gasteiger partial charge in [-0.15, -0.1) is 0 Å². The molecule has 2 aromatic heterocycles. The van der Waals surface area contributed by atoms with Crippen LogP contribution in [0.5, 0.6) is 5.75 Å². The van der Waals surface area contributed by atoms with Gasteiger partial charge in [-0.3, -0.25) is 9.78 Å². The zero-order valence-corrected chi connectivity index (χ0v) is 16.7. The van der Waals surface area contributed by atoms with Crippen molar-refractivity contribution in [3.05, 3.63) is 65.9 Å². The van der Waals surface area contributed by atoms with Crippen LogP contribution in [0.2, 0.25) is 0 Å². The van der Waals surface area contributed by atoms with E-state index in [0.29, 0.717) is 0 Å². The molecule has 0 saturated carbocycles. The summed E-state index contributed by atoms with van der Waals surface area (Å²) in [6.07, 6.45) is 2.71. The number of ether oxygens (including phenoxy) is 1. The van der Waals surface area contributed by atoms with Gasteiger partial charge in [-0.25, -0.2) is 18.2 Å². The zero-order chi connectivity index (χ0) is 23.3. The van der Waals surface area contributed by atoms with E-state index in [0.717, 1.165) is 24.3 Å². The number of hydrogen-bond donors (Lipinski definition) is 4. The molecule has 32 heavy (non-hydrogen) atoms. The number of rotatable bonds is 8. The summed E-state index contributed by atoms with van der Waals surface area (Å²) in [6.45, 7) is 0.0803. The van der Waals surface area contributed by atoms with E-state index in [9.17, 15) is 23.1 Å². The number of anilines is 2. The topological polar surface area (TPSA) is 136 Å². The number of halogens is 3. The number of carbonyl (C=O) groups excluding carboxylic acids is 1. The monoisotopic (exact) mass is 447 g/mol. The van der Waals surface area contributed by atoms with Crippen LogP contribution in [0.25, 0.3) is 11.3 Å². The highest BCUT2D eigenvalue weighted by molar-refractivity contribution is 6.07. The van der Waals surface area contributed by atoms with Crippen LogP contribution in [0.1, 0.15) is 10.5 Å². The van der Waals surface area contributed by atoms with Crippen molar-refractivity contribution in [1.82, 2.24) is 9.97 Å². The number of aromatic nitrogens is 2. The number of aliphatic hydroxyl groups is 1. The van der Waals surface area contributed by atoms with Crippen LogP contribution < -0.4 is 21.5 Å². The lowest BCUT2D eigenvalue weighted by atomic mass is 10.1. The highest BCUT2D eigenvalue weighted by Crippen LogP contribution is 2.30. The van der Waals surface area contributed by atoms with Gasteiger partial charge in [0.2, 0.25) is 0 Å². The van der Waals surface area contributed by atoms with Gasteiger partial charge in [0.25, 0.3) is 5.91 Å². The van der Waals surface area contributed by atoms with Crippen molar-refractivity contribution < 1.29 is 27.8 Å². The van der Waals surface area contributed by atoms with E-state index in [1.165, 1.54) is 18.5 Å². The highest BCUT2D eigenvalue weighted by Gasteiger charge is 2.22. The van der Waals surface area contributed by atoms with Crippen LogP contribution in [-0.4, -0.2) is 40.7 Å². The number of nitrogens with one attached hydrogen (secondary N) is 1. The third kappa shape index (κ3) is 4.95. The van der Waals surface area contributed by atoms with Crippen LogP contribution in [-0.2, 0) is 0 Å². The Kier molecular flexibility index (Phi) is 7.23. The fraction of sp³-hybridized carbons (Fsp3) is 0.190. The van der Waals surface area contributed by atoms with Gasteiger partial charge in [-0.1, -0.05) is 6.07 Å². The predicted molar refractivity (Wildman–Crippen MR) is 111 cm³/mol. The predicted octanol–water partition coefficient (Wildman–Crippen LogP) is 2.34.